The Hall–Kier alpha value is -2.67. The quantitative estimate of drug-likeness (QED) is 0.768. The van der Waals surface area contributed by atoms with E-state index >= 15 is 0 Å². The molecule has 8 heteroatoms. The van der Waals surface area contributed by atoms with Gasteiger partial charge in [-0.2, -0.15) is 0 Å². The Bertz CT molecular complexity index is 881. The number of hydrogen-bond acceptors (Lipinski definition) is 2. The Morgan fingerprint density at radius 2 is 2.04 bits per heavy atom. The summed E-state index contributed by atoms with van der Waals surface area (Å²) in [6, 6.07) is 5.75. The van der Waals surface area contributed by atoms with Gasteiger partial charge in [0, 0.05) is 18.5 Å². The molecule has 3 rings (SSSR count). The van der Waals surface area contributed by atoms with Crippen LogP contribution in [-0.4, -0.2) is 15.4 Å². The molecular formula is C15H11ClF2N4O. The van der Waals surface area contributed by atoms with Crippen LogP contribution in [0.5, 0.6) is 0 Å². The van der Waals surface area contributed by atoms with Crippen LogP contribution in [0.3, 0.4) is 0 Å². The highest BCUT2D eigenvalue weighted by atomic mass is 35.5. The minimum absolute atomic E-state index is 0.106. The molecule has 0 aliphatic rings. The zero-order valence-electron chi connectivity index (χ0n) is 11.7. The van der Waals surface area contributed by atoms with E-state index in [1.54, 1.807) is 28.9 Å². The molecule has 23 heavy (non-hydrogen) atoms. The van der Waals surface area contributed by atoms with E-state index in [0.29, 0.717) is 22.4 Å². The molecule has 0 saturated carbocycles. The van der Waals surface area contributed by atoms with Crippen molar-refractivity contribution >= 4 is 29.0 Å². The minimum atomic E-state index is -0.845. The van der Waals surface area contributed by atoms with Crippen LogP contribution in [0.1, 0.15) is 5.69 Å². The molecule has 1 aromatic carbocycles. The third kappa shape index (κ3) is 3.57. The Morgan fingerprint density at radius 3 is 2.83 bits per heavy atom. The Morgan fingerprint density at radius 1 is 1.22 bits per heavy atom. The van der Waals surface area contributed by atoms with E-state index < -0.39 is 17.7 Å². The summed E-state index contributed by atoms with van der Waals surface area (Å²) in [5.41, 5.74) is 1.20. The van der Waals surface area contributed by atoms with E-state index in [2.05, 4.69) is 15.6 Å². The highest BCUT2D eigenvalue weighted by Crippen LogP contribution is 2.15. The maximum atomic E-state index is 13.4. The third-order valence-electron chi connectivity index (χ3n) is 3.07. The molecule has 2 N–H and O–H groups in total. The van der Waals surface area contributed by atoms with Crippen LogP contribution >= 0.6 is 11.6 Å². The first kappa shape index (κ1) is 15.2. The number of nitrogens with zero attached hydrogens (tertiary/aromatic N) is 2. The lowest BCUT2D eigenvalue weighted by Gasteiger charge is -2.07. The third-order valence-corrected chi connectivity index (χ3v) is 3.30. The fraction of sp³-hybridized carbons (Fsp3) is 0.0667. The highest BCUT2D eigenvalue weighted by Gasteiger charge is 2.09. The van der Waals surface area contributed by atoms with Crippen molar-refractivity contribution in [1.82, 2.24) is 14.7 Å². The van der Waals surface area contributed by atoms with Gasteiger partial charge in [0.1, 0.15) is 17.3 Å². The summed E-state index contributed by atoms with van der Waals surface area (Å²) in [5.74, 6) is -1.56. The Balaban J connectivity index is 1.63. The van der Waals surface area contributed by atoms with Crippen LogP contribution in [-0.2, 0) is 6.54 Å². The normalized spacial score (nSPS) is 10.7. The number of anilines is 1. The van der Waals surface area contributed by atoms with Crippen LogP contribution in [0.4, 0.5) is 19.3 Å². The second-order valence-corrected chi connectivity index (χ2v) is 5.21. The molecule has 5 nitrogen and oxygen atoms in total. The molecular weight excluding hydrogens is 326 g/mol. The highest BCUT2D eigenvalue weighted by molar-refractivity contribution is 6.30. The van der Waals surface area contributed by atoms with E-state index in [0.717, 1.165) is 12.1 Å². The summed E-state index contributed by atoms with van der Waals surface area (Å²) in [4.78, 5) is 16.1. The summed E-state index contributed by atoms with van der Waals surface area (Å²) >= 11 is 5.88. The van der Waals surface area contributed by atoms with Crippen molar-refractivity contribution in [2.75, 3.05) is 5.32 Å². The number of carbonyl (C=O) groups excluding carboxylic acids is 1. The zero-order chi connectivity index (χ0) is 16.4. The molecule has 0 radical (unpaired) electrons. The lowest BCUT2D eigenvalue weighted by molar-refractivity contribution is 0.251. The second-order valence-electron chi connectivity index (χ2n) is 4.78. The van der Waals surface area contributed by atoms with Crippen LogP contribution in [0.15, 0.2) is 42.7 Å². The van der Waals surface area contributed by atoms with Gasteiger partial charge >= 0.3 is 6.03 Å². The number of aromatic nitrogens is 2. The first-order chi connectivity index (χ1) is 11.0. The van der Waals surface area contributed by atoms with Gasteiger partial charge in [0.05, 0.1) is 22.9 Å². The summed E-state index contributed by atoms with van der Waals surface area (Å²) in [6.45, 7) is 0.147. The number of benzene rings is 1. The van der Waals surface area contributed by atoms with Gasteiger partial charge in [0.15, 0.2) is 0 Å². The Labute approximate surface area is 134 Å². The summed E-state index contributed by atoms with van der Waals surface area (Å²) < 4.78 is 28.0. The van der Waals surface area contributed by atoms with Gasteiger partial charge < -0.3 is 15.0 Å². The average molecular weight is 337 g/mol. The lowest BCUT2D eigenvalue weighted by Crippen LogP contribution is -2.28. The molecule has 0 aliphatic heterocycles. The standard InChI is InChI=1S/C15H11ClF2N4O/c16-9-1-4-14-20-11(8-22(14)7-9)6-19-15(23)21-13-3-2-10(17)5-12(13)18/h1-5,7-8H,6H2,(H2,19,21,23). The summed E-state index contributed by atoms with van der Waals surface area (Å²) in [7, 11) is 0. The van der Waals surface area contributed by atoms with Crippen molar-refractivity contribution in [1.29, 1.82) is 0 Å². The molecule has 2 aromatic heterocycles. The number of imidazole rings is 1. The maximum Gasteiger partial charge on any atom is 0.319 e. The lowest BCUT2D eigenvalue weighted by atomic mass is 10.3. The molecule has 0 aliphatic carbocycles. The SMILES string of the molecule is O=C(NCc1cn2cc(Cl)ccc2n1)Nc1ccc(F)cc1F. The van der Waals surface area contributed by atoms with E-state index in [1.165, 1.54) is 0 Å². The summed E-state index contributed by atoms with van der Waals surface area (Å²) in [5, 5.41) is 5.42. The molecule has 0 fully saturated rings. The van der Waals surface area contributed by atoms with Crippen molar-refractivity contribution in [3.63, 3.8) is 0 Å². The van der Waals surface area contributed by atoms with Crippen LogP contribution in [0.2, 0.25) is 5.02 Å². The van der Waals surface area contributed by atoms with Crippen molar-refractivity contribution in [2.24, 2.45) is 0 Å². The van der Waals surface area contributed by atoms with Gasteiger partial charge in [0.2, 0.25) is 0 Å². The zero-order valence-corrected chi connectivity index (χ0v) is 12.4. The maximum absolute atomic E-state index is 13.4. The summed E-state index contributed by atoms with van der Waals surface area (Å²) in [6.07, 6.45) is 3.42. The average Bonchev–Trinajstić information content (AvgIpc) is 2.90. The predicted octanol–water partition coefficient (Wildman–Crippen LogP) is 3.59. The molecule has 0 spiro atoms. The van der Waals surface area contributed by atoms with Gasteiger partial charge in [-0.05, 0) is 24.3 Å². The fourth-order valence-corrected chi connectivity index (χ4v) is 2.20. The van der Waals surface area contributed by atoms with E-state index in [9.17, 15) is 13.6 Å². The molecule has 0 saturated heterocycles. The molecule has 3 aromatic rings. The molecule has 2 heterocycles. The van der Waals surface area contributed by atoms with E-state index in [1.807, 2.05) is 0 Å². The number of rotatable bonds is 3. The molecule has 118 valence electrons. The fourth-order valence-electron chi connectivity index (χ4n) is 2.03. The second kappa shape index (κ2) is 6.21. The molecule has 0 atom stereocenters. The number of carbonyl (C=O) groups is 1. The van der Waals surface area contributed by atoms with Crippen LogP contribution in [0, 0.1) is 11.6 Å². The van der Waals surface area contributed by atoms with Crippen molar-refractivity contribution in [3.05, 3.63) is 65.1 Å². The minimum Gasteiger partial charge on any atom is -0.332 e. The van der Waals surface area contributed by atoms with E-state index in [-0.39, 0.29) is 12.2 Å². The topological polar surface area (TPSA) is 58.4 Å². The van der Waals surface area contributed by atoms with Gasteiger partial charge in [-0.3, -0.25) is 0 Å². The molecule has 2 amide bonds. The van der Waals surface area contributed by atoms with Gasteiger partial charge in [-0.25, -0.2) is 18.6 Å². The molecule has 0 unspecified atom stereocenters. The van der Waals surface area contributed by atoms with Crippen molar-refractivity contribution in [2.45, 2.75) is 6.54 Å². The van der Waals surface area contributed by atoms with Gasteiger partial charge in [-0.15, -0.1) is 0 Å². The largest absolute Gasteiger partial charge is 0.332 e. The number of nitrogens with one attached hydrogen (secondary N) is 2. The first-order valence-corrected chi connectivity index (χ1v) is 7.02. The monoisotopic (exact) mass is 336 g/mol. The van der Waals surface area contributed by atoms with Crippen LogP contribution < -0.4 is 10.6 Å². The number of hydrogen-bond donors (Lipinski definition) is 2. The number of fused-ring (bicyclic) bond motifs is 1. The smallest absolute Gasteiger partial charge is 0.319 e. The van der Waals surface area contributed by atoms with E-state index in [4.69, 9.17) is 11.6 Å². The van der Waals surface area contributed by atoms with Gasteiger partial charge in [0.25, 0.3) is 0 Å². The number of pyridine rings is 1. The first-order valence-electron chi connectivity index (χ1n) is 6.64. The van der Waals surface area contributed by atoms with Gasteiger partial charge in [-0.1, -0.05) is 11.6 Å². The predicted molar refractivity (Wildman–Crippen MR) is 82.4 cm³/mol. The number of amides is 2. The van der Waals surface area contributed by atoms with Crippen LogP contribution in [0.25, 0.3) is 5.65 Å². The Kier molecular flexibility index (Phi) is 4.12. The van der Waals surface area contributed by atoms with Crippen molar-refractivity contribution < 1.29 is 13.6 Å². The number of urea groups is 1. The number of halogens is 3. The molecule has 0 bridgehead atoms. The van der Waals surface area contributed by atoms with Crippen molar-refractivity contribution in [3.8, 4) is 0 Å².